The molecule has 1 saturated heterocycles. The first-order valence-electron chi connectivity index (χ1n) is 10.4. The number of anilines is 1. The third kappa shape index (κ3) is 6.70. The summed E-state index contributed by atoms with van der Waals surface area (Å²) in [4.78, 5) is 17.4. The number of hydrogen-bond donors (Lipinski definition) is 1. The predicted octanol–water partition coefficient (Wildman–Crippen LogP) is 2.90. The Bertz CT molecular complexity index is 1000. The Hall–Kier alpha value is -2.58. The van der Waals surface area contributed by atoms with E-state index < -0.39 is 10.0 Å². The van der Waals surface area contributed by atoms with Crippen molar-refractivity contribution in [2.24, 2.45) is 0 Å². The van der Waals surface area contributed by atoms with E-state index in [0.717, 1.165) is 42.8 Å². The molecule has 3 rings (SSSR count). The van der Waals surface area contributed by atoms with Gasteiger partial charge in [0.1, 0.15) is 5.75 Å². The Labute approximate surface area is 185 Å². The fourth-order valence-electron chi connectivity index (χ4n) is 3.94. The van der Waals surface area contributed by atoms with Gasteiger partial charge in [-0.05, 0) is 61.3 Å². The van der Waals surface area contributed by atoms with Crippen LogP contribution >= 0.6 is 0 Å². The van der Waals surface area contributed by atoms with Crippen LogP contribution in [0.5, 0.6) is 5.75 Å². The average Bonchev–Trinajstić information content (AvgIpc) is 3.24. The fraction of sp³-hybridized carbons (Fsp3) is 0.435. The first-order valence-corrected chi connectivity index (χ1v) is 12.3. The monoisotopic (exact) mass is 445 g/mol. The van der Waals surface area contributed by atoms with Gasteiger partial charge in [-0.15, -0.1) is 0 Å². The number of nitrogens with zero attached hydrogens (tertiary/aromatic N) is 2. The third-order valence-electron chi connectivity index (χ3n) is 5.55. The highest BCUT2D eigenvalue weighted by Gasteiger charge is 2.26. The Morgan fingerprint density at radius 3 is 2.55 bits per heavy atom. The van der Waals surface area contributed by atoms with Crippen molar-refractivity contribution in [3.63, 3.8) is 0 Å². The largest absolute Gasteiger partial charge is 0.497 e. The molecule has 0 aliphatic carbocycles. The minimum atomic E-state index is -3.37. The summed E-state index contributed by atoms with van der Waals surface area (Å²) in [5.74, 6) is 0.743. The number of amides is 1. The molecule has 1 heterocycles. The second-order valence-corrected chi connectivity index (χ2v) is 9.80. The maximum atomic E-state index is 13.2. The highest BCUT2D eigenvalue weighted by molar-refractivity contribution is 7.92. The lowest BCUT2D eigenvalue weighted by Gasteiger charge is -2.32. The van der Waals surface area contributed by atoms with Crippen LogP contribution in [0, 0.1) is 0 Å². The molecular weight excluding hydrogens is 414 g/mol. The van der Waals surface area contributed by atoms with Gasteiger partial charge < -0.3 is 14.5 Å². The number of ether oxygens (including phenoxy) is 1. The second-order valence-electron chi connectivity index (χ2n) is 8.06. The highest BCUT2D eigenvalue weighted by atomic mass is 32.2. The first-order chi connectivity index (χ1) is 14.7. The number of methoxy groups -OCH3 is 1. The van der Waals surface area contributed by atoms with Gasteiger partial charge in [-0.2, -0.15) is 0 Å². The molecule has 1 amide bonds. The summed E-state index contributed by atoms with van der Waals surface area (Å²) in [5.41, 5.74) is 2.25. The number of rotatable bonds is 9. The van der Waals surface area contributed by atoms with Crippen molar-refractivity contribution in [1.29, 1.82) is 0 Å². The van der Waals surface area contributed by atoms with Crippen LogP contribution in [0.4, 0.5) is 5.69 Å². The quantitative estimate of drug-likeness (QED) is 0.642. The Balaban J connectivity index is 1.79. The van der Waals surface area contributed by atoms with E-state index >= 15 is 0 Å². The molecule has 1 N–H and O–H groups in total. The van der Waals surface area contributed by atoms with E-state index in [1.54, 1.807) is 30.2 Å². The van der Waals surface area contributed by atoms with Crippen molar-refractivity contribution in [3.8, 4) is 5.75 Å². The zero-order valence-electron chi connectivity index (χ0n) is 18.4. The molecular formula is C23H31N3O4S. The van der Waals surface area contributed by atoms with E-state index in [9.17, 15) is 13.2 Å². The van der Waals surface area contributed by atoms with Gasteiger partial charge in [-0.25, -0.2) is 8.42 Å². The highest BCUT2D eigenvalue weighted by Crippen LogP contribution is 2.27. The molecule has 0 saturated carbocycles. The van der Waals surface area contributed by atoms with Crippen LogP contribution in [-0.2, 0) is 21.2 Å². The van der Waals surface area contributed by atoms with Gasteiger partial charge in [0, 0.05) is 19.3 Å². The molecule has 2 aromatic carbocycles. The van der Waals surface area contributed by atoms with Crippen molar-refractivity contribution in [2.45, 2.75) is 25.3 Å². The fourth-order valence-corrected chi connectivity index (χ4v) is 4.50. The van der Waals surface area contributed by atoms with Crippen LogP contribution in [0.1, 0.15) is 30.0 Å². The number of likely N-dealkylation sites (tertiary alicyclic amines) is 1. The Kier molecular flexibility index (Phi) is 7.56. The smallest absolute Gasteiger partial charge is 0.229 e. The van der Waals surface area contributed by atoms with E-state index in [1.165, 1.54) is 12.8 Å². The summed E-state index contributed by atoms with van der Waals surface area (Å²) in [6.45, 7) is 2.86. The molecule has 168 valence electrons. The lowest BCUT2D eigenvalue weighted by molar-refractivity contribution is -0.131. The maximum Gasteiger partial charge on any atom is 0.229 e. The van der Waals surface area contributed by atoms with Gasteiger partial charge in [0.2, 0.25) is 15.9 Å². The van der Waals surface area contributed by atoms with Gasteiger partial charge in [0.25, 0.3) is 0 Å². The number of hydrogen-bond acceptors (Lipinski definition) is 5. The molecule has 8 heteroatoms. The number of likely N-dealkylation sites (N-methyl/N-ethyl adjacent to an activating group) is 1. The number of carbonyl (C=O) groups is 1. The summed E-state index contributed by atoms with van der Waals surface area (Å²) in [6.07, 6.45) is 3.66. The first kappa shape index (κ1) is 23.1. The lowest BCUT2D eigenvalue weighted by atomic mass is 10.0. The van der Waals surface area contributed by atoms with Crippen LogP contribution < -0.4 is 9.46 Å². The zero-order valence-corrected chi connectivity index (χ0v) is 19.2. The molecule has 2 aromatic rings. The number of carbonyl (C=O) groups excluding carboxylic acids is 1. The number of sulfonamides is 1. The zero-order chi connectivity index (χ0) is 22.4. The lowest BCUT2D eigenvalue weighted by Crippen LogP contribution is -2.39. The normalized spacial score (nSPS) is 15.5. The number of nitrogens with one attached hydrogen (secondary N) is 1. The minimum Gasteiger partial charge on any atom is -0.497 e. The molecule has 0 spiro atoms. The average molecular weight is 446 g/mol. The van der Waals surface area contributed by atoms with Crippen molar-refractivity contribution >= 4 is 21.6 Å². The van der Waals surface area contributed by atoms with E-state index in [0.29, 0.717) is 5.69 Å². The van der Waals surface area contributed by atoms with Crippen molar-refractivity contribution in [3.05, 3.63) is 59.7 Å². The standard InChI is InChI=1S/C23H31N3O4S/c1-25(23(27)15-18-8-6-10-20(14-18)24-31(3,28)29)22(17-26-12-4-5-13-26)19-9-7-11-21(16-19)30-2/h6-11,14,16,22,24H,4-5,12-13,15,17H2,1-3H3. The molecule has 0 radical (unpaired) electrons. The third-order valence-corrected chi connectivity index (χ3v) is 6.16. The van der Waals surface area contributed by atoms with E-state index in [2.05, 4.69) is 9.62 Å². The molecule has 1 aliphatic rings. The van der Waals surface area contributed by atoms with Crippen LogP contribution in [0.15, 0.2) is 48.5 Å². The van der Waals surface area contributed by atoms with Gasteiger partial charge in [-0.3, -0.25) is 9.52 Å². The summed E-state index contributed by atoms with van der Waals surface area (Å²) < 4.78 is 30.9. The molecule has 0 aromatic heterocycles. The molecule has 31 heavy (non-hydrogen) atoms. The molecule has 1 aliphatic heterocycles. The molecule has 1 unspecified atom stereocenters. The molecule has 1 fully saturated rings. The van der Waals surface area contributed by atoms with Gasteiger partial charge >= 0.3 is 0 Å². The number of benzene rings is 2. The van der Waals surface area contributed by atoms with Crippen molar-refractivity contribution in [2.75, 3.05) is 44.8 Å². The summed E-state index contributed by atoms with van der Waals surface area (Å²) in [7, 11) is 0.103. The van der Waals surface area contributed by atoms with Crippen LogP contribution in [0.3, 0.4) is 0 Å². The Morgan fingerprint density at radius 1 is 1.16 bits per heavy atom. The van der Waals surface area contributed by atoms with Gasteiger partial charge in [0.05, 0.1) is 25.8 Å². The van der Waals surface area contributed by atoms with Gasteiger partial charge in [0.15, 0.2) is 0 Å². The second kappa shape index (κ2) is 10.2. The van der Waals surface area contributed by atoms with Crippen LogP contribution in [0.2, 0.25) is 0 Å². The Morgan fingerprint density at radius 2 is 1.87 bits per heavy atom. The van der Waals surface area contributed by atoms with Crippen molar-refractivity contribution in [1.82, 2.24) is 9.80 Å². The summed E-state index contributed by atoms with van der Waals surface area (Å²) in [6, 6.07) is 14.7. The van der Waals surface area contributed by atoms with Crippen LogP contribution in [0.25, 0.3) is 0 Å². The minimum absolute atomic E-state index is 0.0245. The van der Waals surface area contributed by atoms with E-state index in [4.69, 9.17) is 4.74 Å². The van der Waals surface area contributed by atoms with Crippen LogP contribution in [-0.4, -0.2) is 64.2 Å². The maximum absolute atomic E-state index is 13.2. The summed E-state index contributed by atoms with van der Waals surface area (Å²) >= 11 is 0. The predicted molar refractivity (Wildman–Crippen MR) is 123 cm³/mol. The van der Waals surface area contributed by atoms with Gasteiger partial charge in [-0.1, -0.05) is 24.3 Å². The van der Waals surface area contributed by atoms with E-state index in [-0.39, 0.29) is 18.4 Å². The SMILES string of the molecule is COc1cccc(C(CN2CCCC2)N(C)C(=O)Cc2cccc(NS(C)(=O)=O)c2)c1. The van der Waals surface area contributed by atoms with Crippen molar-refractivity contribution < 1.29 is 17.9 Å². The topological polar surface area (TPSA) is 79.0 Å². The van der Waals surface area contributed by atoms with E-state index in [1.807, 2.05) is 37.4 Å². The molecule has 1 atom stereocenters. The molecule has 0 bridgehead atoms. The molecule has 7 nitrogen and oxygen atoms in total. The summed E-state index contributed by atoms with van der Waals surface area (Å²) in [5, 5.41) is 0.